The van der Waals surface area contributed by atoms with Crippen LogP contribution in [0.4, 0.5) is 4.39 Å². The standard InChI is InChI=1S/C16H22FNO/c1-12-10-14(8-9-15(12)17)16(19)18(2)11-13-6-4-3-5-7-13/h8-10,13H,3-7,11H2,1-2H3. The number of hydrogen-bond acceptors (Lipinski definition) is 1. The first-order valence-corrected chi connectivity index (χ1v) is 7.09. The monoisotopic (exact) mass is 263 g/mol. The molecule has 2 nitrogen and oxygen atoms in total. The lowest BCUT2D eigenvalue weighted by atomic mass is 9.89. The van der Waals surface area contributed by atoms with Crippen molar-refractivity contribution >= 4 is 5.91 Å². The number of aryl methyl sites for hydroxylation is 1. The minimum absolute atomic E-state index is 0.00586. The maximum Gasteiger partial charge on any atom is 0.253 e. The zero-order valence-corrected chi connectivity index (χ0v) is 11.8. The van der Waals surface area contributed by atoms with Gasteiger partial charge in [-0.3, -0.25) is 4.79 Å². The van der Waals surface area contributed by atoms with E-state index in [1.165, 1.54) is 38.2 Å². The van der Waals surface area contributed by atoms with Gasteiger partial charge >= 0.3 is 0 Å². The highest BCUT2D eigenvalue weighted by Crippen LogP contribution is 2.24. The van der Waals surface area contributed by atoms with E-state index in [1.807, 2.05) is 7.05 Å². The number of rotatable bonds is 3. The lowest BCUT2D eigenvalue weighted by Crippen LogP contribution is -2.32. The fourth-order valence-corrected chi connectivity index (χ4v) is 2.84. The maximum atomic E-state index is 13.2. The summed E-state index contributed by atoms with van der Waals surface area (Å²) >= 11 is 0. The predicted molar refractivity (Wildman–Crippen MR) is 74.7 cm³/mol. The molecule has 0 unspecified atom stereocenters. The summed E-state index contributed by atoms with van der Waals surface area (Å²) in [6.45, 7) is 2.50. The quantitative estimate of drug-likeness (QED) is 0.812. The average molecular weight is 263 g/mol. The third-order valence-electron chi connectivity index (χ3n) is 4.01. The SMILES string of the molecule is Cc1cc(C(=O)N(C)CC2CCCCC2)ccc1F. The van der Waals surface area contributed by atoms with Crippen molar-refractivity contribution in [3.05, 3.63) is 35.1 Å². The van der Waals surface area contributed by atoms with E-state index in [4.69, 9.17) is 0 Å². The summed E-state index contributed by atoms with van der Waals surface area (Å²) in [7, 11) is 1.84. The van der Waals surface area contributed by atoms with Crippen molar-refractivity contribution in [3.63, 3.8) is 0 Å². The molecule has 104 valence electrons. The summed E-state index contributed by atoms with van der Waals surface area (Å²) in [4.78, 5) is 14.1. The van der Waals surface area contributed by atoms with Gasteiger partial charge in [0, 0.05) is 19.2 Å². The molecule has 0 heterocycles. The number of hydrogen-bond donors (Lipinski definition) is 0. The van der Waals surface area contributed by atoms with Gasteiger partial charge in [-0.05, 0) is 49.4 Å². The lowest BCUT2D eigenvalue weighted by molar-refractivity contribution is 0.0760. The Bertz CT molecular complexity index is 452. The van der Waals surface area contributed by atoms with E-state index < -0.39 is 0 Å². The molecule has 1 aliphatic rings. The molecule has 1 aliphatic carbocycles. The van der Waals surface area contributed by atoms with E-state index in [-0.39, 0.29) is 11.7 Å². The first-order valence-electron chi connectivity index (χ1n) is 7.09. The molecule has 3 heteroatoms. The molecule has 1 aromatic rings. The topological polar surface area (TPSA) is 20.3 Å². The smallest absolute Gasteiger partial charge is 0.253 e. The molecule has 0 aliphatic heterocycles. The van der Waals surface area contributed by atoms with Crippen LogP contribution in [0.25, 0.3) is 0 Å². The van der Waals surface area contributed by atoms with Crippen LogP contribution in [0.1, 0.15) is 48.0 Å². The first kappa shape index (κ1) is 14.0. The van der Waals surface area contributed by atoms with Gasteiger partial charge in [0.15, 0.2) is 0 Å². The highest BCUT2D eigenvalue weighted by molar-refractivity contribution is 5.94. The van der Waals surface area contributed by atoms with Crippen molar-refractivity contribution in [3.8, 4) is 0 Å². The van der Waals surface area contributed by atoms with E-state index in [0.29, 0.717) is 17.0 Å². The molecule has 1 amide bonds. The number of carbonyl (C=O) groups excluding carboxylic acids is 1. The van der Waals surface area contributed by atoms with Gasteiger partial charge in [0.1, 0.15) is 5.82 Å². The third kappa shape index (κ3) is 3.55. The molecule has 1 aromatic carbocycles. The van der Waals surface area contributed by atoms with Crippen molar-refractivity contribution in [2.45, 2.75) is 39.0 Å². The van der Waals surface area contributed by atoms with Gasteiger partial charge in [-0.1, -0.05) is 19.3 Å². The van der Waals surface area contributed by atoms with Crippen LogP contribution in [0, 0.1) is 18.7 Å². The second-order valence-corrected chi connectivity index (χ2v) is 5.65. The van der Waals surface area contributed by atoms with Crippen molar-refractivity contribution in [1.82, 2.24) is 4.90 Å². The van der Waals surface area contributed by atoms with Crippen molar-refractivity contribution in [1.29, 1.82) is 0 Å². The molecule has 1 saturated carbocycles. The molecule has 0 saturated heterocycles. The second kappa shape index (κ2) is 6.18. The third-order valence-corrected chi connectivity index (χ3v) is 4.01. The highest BCUT2D eigenvalue weighted by Gasteiger charge is 2.19. The molecule has 0 aromatic heterocycles. The molecule has 19 heavy (non-hydrogen) atoms. The van der Waals surface area contributed by atoms with Gasteiger partial charge < -0.3 is 4.90 Å². The van der Waals surface area contributed by atoms with Crippen LogP contribution < -0.4 is 0 Å². The number of nitrogens with zero attached hydrogens (tertiary/aromatic N) is 1. The average Bonchev–Trinajstić information content (AvgIpc) is 2.42. The van der Waals surface area contributed by atoms with Crippen LogP contribution in [-0.4, -0.2) is 24.4 Å². The predicted octanol–water partition coefficient (Wildman–Crippen LogP) is 3.79. The lowest BCUT2D eigenvalue weighted by Gasteiger charge is -2.27. The summed E-state index contributed by atoms with van der Waals surface area (Å²) in [5, 5.41) is 0. The first-order chi connectivity index (χ1) is 9.08. The fraction of sp³-hybridized carbons (Fsp3) is 0.562. The zero-order valence-electron chi connectivity index (χ0n) is 11.8. The van der Waals surface area contributed by atoms with Crippen LogP contribution in [-0.2, 0) is 0 Å². The summed E-state index contributed by atoms with van der Waals surface area (Å²) < 4.78 is 13.2. The molecule has 0 bridgehead atoms. The molecule has 0 radical (unpaired) electrons. The number of benzene rings is 1. The van der Waals surface area contributed by atoms with Crippen LogP contribution in [0.2, 0.25) is 0 Å². The van der Waals surface area contributed by atoms with Gasteiger partial charge in [-0.25, -0.2) is 4.39 Å². The normalized spacial score (nSPS) is 16.4. The van der Waals surface area contributed by atoms with Gasteiger partial charge in [0.2, 0.25) is 0 Å². The Labute approximate surface area is 114 Å². The number of carbonyl (C=O) groups is 1. The second-order valence-electron chi connectivity index (χ2n) is 5.65. The summed E-state index contributed by atoms with van der Waals surface area (Å²) in [6.07, 6.45) is 6.33. The van der Waals surface area contributed by atoms with E-state index in [1.54, 1.807) is 24.0 Å². The van der Waals surface area contributed by atoms with Crippen LogP contribution in [0.5, 0.6) is 0 Å². The Balaban J connectivity index is 1.99. The molecule has 1 fully saturated rings. The van der Waals surface area contributed by atoms with E-state index in [9.17, 15) is 9.18 Å². The Kier molecular flexibility index (Phi) is 4.56. The number of halogens is 1. The Morgan fingerprint density at radius 3 is 2.63 bits per heavy atom. The Morgan fingerprint density at radius 1 is 1.32 bits per heavy atom. The largest absolute Gasteiger partial charge is 0.341 e. The minimum atomic E-state index is -0.258. The van der Waals surface area contributed by atoms with E-state index in [0.717, 1.165) is 6.54 Å². The van der Waals surface area contributed by atoms with Gasteiger partial charge in [0.05, 0.1) is 0 Å². The minimum Gasteiger partial charge on any atom is -0.341 e. The van der Waals surface area contributed by atoms with Crippen molar-refractivity contribution < 1.29 is 9.18 Å². The molecule has 2 rings (SSSR count). The fourth-order valence-electron chi connectivity index (χ4n) is 2.84. The van der Waals surface area contributed by atoms with Crippen LogP contribution >= 0.6 is 0 Å². The Hall–Kier alpha value is -1.38. The van der Waals surface area contributed by atoms with Gasteiger partial charge in [0.25, 0.3) is 5.91 Å². The van der Waals surface area contributed by atoms with Crippen LogP contribution in [0.3, 0.4) is 0 Å². The van der Waals surface area contributed by atoms with Crippen molar-refractivity contribution in [2.24, 2.45) is 5.92 Å². The van der Waals surface area contributed by atoms with E-state index in [2.05, 4.69) is 0 Å². The molecule has 0 atom stereocenters. The molecular weight excluding hydrogens is 241 g/mol. The van der Waals surface area contributed by atoms with Crippen LogP contribution in [0.15, 0.2) is 18.2 Å². The summed E-state index contributed by atoms with van der Waals surface area (Å²) in [6, 6.07) is 4.58. The van der Waals surface area contributed by atoms with Gasteiger partial charge in [-0.2, -0.15) is 0 Å². The van der Waals surface area contributed by atoms with Crippen molar-refractivity contribution in [2.75, 3.05) is 13.6 Å². The summed E-state index contributed by atoms with van der Waals surface area (Å²) in [5.74, 6) is 0.365. The molecule has 0 N–H and O–H groups in total. The maximum absolute atomic E-state index is 13.2. The highest BCUT2D eigenvalue weighted by atomic mass is 19.1. The molecule has 0 spiro atoms. The zero-order chi connectivity index (χ0) is 13.8. The summed E-state index contributed by atoms with van der Waals surface area (Å²) in [5.41, 5.74) is 1.11. The van der Waals surface area contributed by atoms with Gasteiger partial charge in [-0.15, -0.1) is 0 Å². The molecular formula is C16H22FNO. The Morgan fingerprint density at radius 2 is 2.00 bits per heavy atom. The van der Waals surface area contributed by atoms with E-state index >= 15 is 0 Å². The number of amides is 1.